The molecule has 176 valence electrons. The number of allylic oxidation sites excluding steroid dienone is 2. The molecule has 2 fully saturated rings. The van der Waals surface area contributed by atoms with Gasteiger partial charge in [-0.25, -0.2) is 0 Å². The summed E-state index contributed by atoms with van der Waals surface area (Å²) in [6.45, 7) is 5.26. The molecule has 5 rings (SSSR count). The molecule has 1 saturated heterocycles. The van der Waals surface area contributed by atoms with Crippen molar-refractivity contribution in [2.75, 3.05) is 39.8 Å². The number of benzene rings is 1. The first kappa shape index (κ1) is 22.1. The van der Waals surface area contributed by atoms with Crippen LogP contribution in [0.15, 0.2) is 41.4 Å². The van der Waals surface area contributed by atoms with E-state index in [2.05, 4.69) is 56.9 Å². The molecule has 0 spiro atoms. The van der Waals surface area contributed by atoms with E-state index in [1.165, 1.54) is 16.0 Å². The monoisotopic (exact) mass is 449 g/mol. The second-order valence-corrected chi connectivity index (χ2v) is 9.76. The summed E-state index contributed by atoms with van der Waals surface area (Å²) in [5, 5.41) is 6.70. The number of aliphatic imine (C=N–C) groups is 1. The maximum absolute atomic E-state index is 12.8. The minimum atomic E-state index is -0.0942. The number of nitrogens with one attached hydrogen (secondary N) is 2. The fourth-order valence-corrected chi connectivity index (χ4v) is 6.10. The third kappa shape index (κ3) is 4.43. The number of rotatable bonds is 8. The fourth-order valence-electron chi connectivity index (χ4n) is 6.10. The van der Waals surface area contributed by atoms with Gasteiger partial charge in [0.1, 0.15) is 0 Å². The Morgan fingerprint density at radius 2 is 1.61 bits per heavy atom. The second-order valence-electron chi connectivity index (χ2n) is 9.76. The van der Waals surface area contributed by atoms with Crippen molar-refractivity contribution in [1.29, 1.82) is 0 Å². The minimum Gasteiger partial charge on any atom is -0.356 e. The predicted octanol–water partition coefficient (Wildman–Crippen LogP) is 1.80. The standard InChI is InChI=1S/C26H35N5O2/c1-27-26(28-11-4-13-30-15-10-18-6-2-3-7-21(18)17-30)29-12-5-14-31-24(32)22-19-8-9-20(16-19)23(22)25(31)33/h2-3,6-9,19-20,22-23H,4-5,10-17H2,1H3,(H2,27,28,29). The van der Waals surface area contributed by atoms with Gasteiger partial charge in [0, 0.05) is 46.3 Å². The van der Waals surface area contributed by atoms with E-state index in [-0.39, 0.29) is 35.5 Å². The van der Waals surface area contributed by atoms with Crippen LogP contribution in [0.2, 0.25) is 0 Å². The van der Waals surface area contributed by atoms with Crippen molar-refractivity contribution >= 4 is 17.8 Å². The van der Waals surface area contributed by atoms with Crippen LogP contribution in [0.3, 0.4) is 0 Å². The molecular formula is C26H35N5O2. The van der Waals surface area contributed by atoms with Crippen LogP contribution in [-0.2, 0) is 22.6 Å². The lowest BCUT2D eigenvalue weighted by molar-refractivity contribution is -0.140. The number of imide groups is 1. The zero-order valence-electron chi connectivity index (χ0n) is 19.5. The van der Waals surface area contributed by atoms with Crippen molar-refractivity contribution in [2.45, 2.75) is 32.2 Å². The molecule has 4 atom stereocenters. The number of hydrogen-bond donors (Lipinski definition) is 2. The summed E-state index contributed by atoms with van der Waals surface area (Å²) in [6.07, 6.45) is 8.18. The highest BCUT2D eigenvalue weighted by molar-refractivity contribution is 6.06. The molecule has 4 aliphatic rings. The molecule has 2 heterocycles. The van der Waals surface area contributed by atoms with Gasteiger partial charge in [0.05, 0.1) is 11.8 Å². The molecule has 2 bridgehead atoms. The Hall–Kier alpha value is -2.67. The summed E-state index contributed by atoms with van der Waals surface area (Å²) < 4.78 is 0. The van der Waals surface area contributed by atoms with Crippen molar-refractivity contribution in [3.8, 4) is 0 Å². The number of guanidine groups is 1. The topological polar surface area (TPSA) is 77.0 Å². The van der Waals surface area contributed by atoms with Gasteiger partial charge in [-0.05, 0) is 48.6 Å². The number of carbonyl (C=O) groups excluding carboxylic acids is 2. The van der Waals surface area contributed by atoms with Crippen LogP contribution in [0, 0.1) is 23.7 Å². The Kier molecular flexibility index (Phi) is 6.49. The largest absolute Gasteiger partial charge is 0.356 e. The number of carbonyl (C=O) groups is 2. The summed E-state index contributed by atoms with van der Waals surface area (Å²) in [7, 11) is 1.77. The van der Waals surface area contributed by atoms with Gasteiger partial charge >= 0.3 is 0 Å². The van der Waals surface area contributed by atoms with E-state index in [1.54, 1.807) is 7.05 Å². The van der Waals surface area contributed by atoms with Gasteiger partial charge in [0.25, 0.3) is 0 Å². The van der Waals surface area contributed by atoms with Crippen LogP contribution in [0.5, 0.6) is 0 Å². The quantitative estimate of drug-likeness (QED) is 0.208. The van der Waals surface area contributed by atoms with Gasteiger partial charge in [-0.1, -0.05) is 36.4 Å². The van der Waals surface area contributed by atoms with E-state index in [0.29, 0.717) is 13.1 Å². The summed E-state index contributed by atoms with van der Waals surface area (Å²) >= 11 is 0. The molecule has 0 aromatic heterocycles. The third-order valence-electron chi connectivity index (χ3n) is 7.79. The highest BCUT2D eigenvalue weighted by Gasteiger charge is 2.58. The van der Waals surface area contributed by atoms with Crippen LogP contribution in [-0.4, -0.2) is 67.3 Å². The van der Waals surface area contributed by atoms with E-state index in [9.17, 15) is 9.59 Å². The summed E-state index contributed by atoms with van der Waals surface area (Å²) in [5.41, 5.74) is 2.94. The highest BCUT2D eigenvalue weighted by Crippen LogP contribution is 2.52. The Balaban J connectivity index is 0.980. The van der Waals surface area contributed by atoms with Crippen molar-refractivity contribution in [3.05, 3.63) is 47.5 Å². The lowest BCUT2D eigenvalue weighted by Gasteiger charge is -2.28. The van der Waals surface area contributed by atoms with Crippen molar-refractivity contribution in [2.24, 2.45) is 28.7 Å². The predicted molar refractivity (Wildman–Crippen MR) is 128 cm³/mol. The molecule has 2 aliphatic carbocycles. The lowest BCUT2D eigenvalue weighted by Crippen LogP contribution is -2.41. The van der Waals surface area contributed by atoms with Crippen molar-refractivity contribution in [3.63, 3.8) is 0 Å². The Morgan fingerprint density at radius 3 is 2.27 bits per heavy atom. The Morgan fingerprint density at radius 1 is 0.970 bits per heavy atom. The second kappa shape index (κ2) is 9.67. The third-order valence-corrected chi connectivity index (χ3v) is 7.79. The van der Waals surface area contributed by atoms with Gasteiger partial charge in [-0.15, -0.1) is 0 Å². The summed E-state index contributed by atoms with van der Waals surface area (Å²) in [6, 6.07) is 8.74. The Labute approximate surface area is 196 Å². The van der Waals surface area contributed by atoms with E-state index in [4.69, 9.17) is 0 Å². The van der Waals surface area contributed by atoms with Gasteiger partial charge in [-0.3, -0.25) is 24.4 Å². The average molecular weight is 450 g/mol. The van der Waals surface area contributed by atoms with Crippen LogP contribution in [0.25, 0.3) is 0 Å². The molecule has 2 aliphatic heterocycles. The van der Waals surface area contributed by atoms with Gasteiger partial charge in [0.2, 0.25) is 11.8 Å². The fraction of sp³-hybridized carbons (Fsp3) is 0.577. The maximum atomic E-state index is 12.8. The maximum Gasteiger partial charge on any atom is 0.233 e. The Bertz CT molecular complexity index is 928. The number of hydrogen-bond acceptors (Lipinski definition) is 4. The van der Waals surface area contributed by atoms with E-state index < -0.39 is 0 Å². The molecule has 7 heteroatoms. The first-order chi connectivity index (χ1) is 16.2. The zero-order chi connectivity index (χ0) is 22.8. The van der Waals surface area contributed by atoms with Gasteiger partial charge < -0.3 is 10.6 Å². The molecule has 7 nitrogen and oxygen atoms in total. The molecule has 4 unspecified atom stereocenters. The SMILES string of the molecule is CN=C(NCCCN1CCc2ccccc2C1)NCCCN1C(=O)C2C3C=CC(C3)C2C1=O. The van der Waals surface area contributed by atoms with Crippen LogP contribution >= 0.6 is 0 Å². The first-order valence-electron chi connectivity index (χ1n) is 12.4. The van der Waals surface area contributed by atoms with Crippen LogP contribution < -0.4 is 10.6 Å². The zero-order valence-corrected chi connectivity index (χ0v) is 19.5. The van der Waals surface area contributed by atoms with Gasteiger partial charge in [-0.2, -0.15) is 0 Å². The van der Waals surface area contributed by atoms with E-state index >= 15 is 0 Å². The van der Waals surface area contributed by atoms with Crippen LogP contribution in [0.4, 0.5) is 0 Å². The van der Waals surface area contributed by atoms with E-state index in [1.807, 2.05) is 0 Å². The molecular weight excluding hydrogens is 414 g/mol. The lowest BCUT2D eigenvalue weighted by atomic mass is 9.85. The smallest absolute Gasteiger partial charge is 0.233 e. The summed E-state index contributed by atoms with van der Waals surface area (Å²) in [5.74, 6) is 1.24. The number of nitrogens with zero attached hydrogens (tertiary/aromatic N) is 3. The van der Waals surface area contributed by atoms with Crippen molar-refractivity contribution in [1.82, 2.24) is 20.4 Å². The molecule has 1 aromatic carbocycles. The number of fused-ring (bicyclic) bond motifs is 6. The number of amides is 2. The molecule has 2 amide bonds. The van der Waals surface area contributed by atoms with Gasteiger partial charge in [0.15, 0.2) is 5.96 Å². The van der Waals surface area contributed by atoms with E-state index in [0.717, 1.165) is 57.8 Å². The van der Waals surface area contributed by atoms with Crippen LogP contribution in [0.1, 0.15) is 30.4 Å². The molecule has 1 saturated carbocycles. The number of likely N-dealkylation sites (tertiary alicyclic amines) is 1. The molecule has 2 N–H and O–H groups in total. The summed E-state index contributed by atoms with van der Waals surface area (Å²) in [4.78, 5) is 33.8. The molecule has 33 heavy (non-hydrogen) atoms. The minimum absolute atomic E-state index is 0.0460. The highest BCUT2D eigenvalue weighted by atomic mass is 16.2. The normalized spacial score (nSPS) is 28.4. The first-order valence-corrected chi connectivity index (χ1v) is 12.4. The molecule has 1 aromatic rings. The average Bonchev–Trinajstić information content (AvgIpc) is 3.52. The van der Waals surface area contributed by atoms with Crippen molar-refractivity contribution < 1.29 is 9.59 Å². The molecule has 0 radical (unpaired) electrons.